The smallest absolute Gasteiger partial charge is 0.0629 e. The second-order valence-corrected chi connectivity index (χ2v) is 3.78. The van der Waals surface area contributed by atoms with Gasteiger partial charge in [0.25, 0.3) is 0 Å². The molecule has 0 N–H and O–H groups in total. The third kappa shape index (κ3) is 2.28. The zero-order chi connectivity index (χ0) is 8.27. The number of hydrogen-bond acceptors (Lipinski definition) is 2. The maximum atomic E-state index is 10.4. The molecule has 0 aromatic heterocycles. The van der Waals surface area contributed by atoms with Crippen LogP contribution in [0.1, 0.15) is 0 Å². The number of halogens is 1. The SMILES string of the molecule is O=S([O-])N(Br)c1ccccc1. The Morgan fingerprint density at radius 2 is 1.91 bits per heavy atom. The van der Waals surface area contributed by atoms with Crippen LogP contribution in [0, 0.1) is 0 Å². The largest absolute Gasteiger partial charge is 0.754 e. The molecule has 60 valence electrons. The van der Waals surface area contributed by atoms with Gasteiger partial charge in [-0.1, -0.05) is 18.2 Å². The summed E-state index contributed by atoms with van der Waals surface area (Å²) in [6.07, 6.45) is 0. The highest BCUT2D eigenvalue weighted by atomic mass is 79.9. The van der Waals surface area contributed by atoms with E-state index in [0.717, 1.165) is 3.33 Å². The van der Waals surface area contributed by atoms with Gasteiger partial charge in [0, 0.05) is 0 Å². The number of nitrogens with zero attached hydrogens (tertiary/aromatic N) is 1. The summed E-state index contributed by atoms with van der Waals surface area (Å²) in [5.74, 6) is 0. The van der Waals surface area contributed by atoms with Crippen LogP contribution in [-0.2, 0) is 11.3 Å². The predicted molar refractivity (Wildman–Crippen MR) is 46.8 cm³/mol. The molecule has 0 saturated heterocycles. The second-order valence-electron chi connectivity index (χ2n) is 1.80. The molecule has 0 radical (unpaired) electrons. The second kappa shape index (κ2) is 3.85. The Labute approximate surface area is 75.8 Å². The highest BCUT2D eigenvalue weighted by Crippen LogP contribution is 2.17. The molecular formula is C6H5BrNO2S-. The third-order valence-corrected chi connectivity index (χ3v) is 2.68. The van der Waals surface area contributed by atoms with Crippen LogP contribution in [-0.4, -0.2) is 8.76 Å². The van der Waals surface area contributed by atoms with Crippen molar-refractivity contribution in [2.24, 2.45) is 0 Å². The maximum Gasteiger partial charge on any atom is 0.0629 e. The lowest BCUT2D eigenvalue weighted by atomic mass is 10.3. The van der Waals surface area contributed by atoms with Gasteiger partial charge in [0.05, 0.1) is 33.1 Å². The van der Waals surface area contributed by atoms with E-state index in [1.807, 2.05) is 6.07 Å². The first kappa shape index (κ1) is 8.70. The van der Waals surface area contributed by atoms with Crippen molar-refractivity contribution in [3.05, 3.63) is 30.3 Å². The summed E-state index contributed by atoms with van der Waals surface area (Å²) in [5.41, 5.74) is 0.584. The molecule has 3 nitrogen and oxygen atoms in total. The summed E-state index contributed by atoms with van der Waals surface area (Å²) in [7, 11) is 0. The fourth-order valence-electron chi connectivity index (χ4n) is 0.631. The van der Waals surface area contributed by atoms with Crippen molar-refractivity contribution in [1.82, 2.24) is 0 Å². The molecule has 0 aliphatic carbocycles. The highest BCUT2D eigenvalue weighted by molar-refractivity contribution is 9.11. The Balaban J connectivity index is 2.85. The number of rotatable bonds is 2. The van der Waals surface area contributed by atoms with Crippen LogP contribution in [0.3, 0.4) is 0 Å². The van der Waals surface area contributed by atoms with Gasteiger partial charge in [-0.25, -0.2) is 3.33 Å². The van der Waals surface area contributed by atoms with Gasteiger partial charge in [-0.2, -0.15) is 0 Å². The summed E-state index contributed by atoms with van der Waals surface area (Å²) in [5, 5.41) is 0. The number of para-hydroxylation sites is 1. The third-order valence-electron chi connectivity index (χ3n) is 1.09. The van der Waals surface area contributed by atoms with Crippen LogP contribution in [0.25, 0.3) is 0 Å². The van der Waals surface area contributed by atoms with Crippen molar-refractivity contribution in [2.75, 3.05) is 3.33 Å². The van der Waals surface area contributed by atoms with E-state index < -0.39 is 11.3 Å². The molecule has 5 heteroatoms. The molecule has 1 atom stereocenters. The number of benzene rings is 1. The molecule has 0 aliphatic heterocycles. The lowest BCUT2D eigenvalue weighted by Crippen LogP contribution is -2.11. The van der Waals surface area contributed by atoms with E-state index in [1.54, 1.807) is 24.3 Å². The van der Waals surface area contributed by atoms with Gasteiger partial charge in [0.2, 0.25) is 0 Å². The van der Waals surface area contributed by atoms with Gasteiger partial charge < -0.3 is 4.55 Å². The minimum absolute atomic E-state index is 0.584. The van der Waals surface area contributed by atoms with E-state index in [1.165, 1.54) is 0 Å². The van der Waals surface area contributed by atoms with Crippen LogP contribution >= 0.6 is 16.1 Å². The maximum absolute atomic E-state index is 10.4. The van der Waals surface area contributed by atoms with E-state index in [2.05, 4.69) is 16.1 Å². The van der Waals surface area contributed by atoms with E-state index in [-0.39, 0.29) is 0 Å². The summed E-state index contributed by atoms with van der Waals surface area (Å²) >= 11 is 0.610. The van der Waals surface area contributed by atoms with E-state index in [9.17, 15) is 8.76 Å². The molecule has 11 heavy (non-hydrogen) atoms. The van der Waals surface area contributed by atoms with Crippen molar-refractivity contribution in [3.8, 4) is 0 Å². The fourth-order valence-corrected chi connectivity index (χ4v) is 1.16. The molecule has 0 aliphatic rings. The zero-order valence-corrected chi connectivity index (χ0v) is 7.84. The highest BCUT2D eigenvalue weighted by Gasteiger charge is 1.99. The lowest BCUT2D eigenvalue weighted by molar-refractivity contribution is 0.540. The molecule has 1 rings (SSSR count). The standard InChI is InChI=1S/C6H6BrNO2S/c7-8(11(9)10)6-4-2-1-3-5-6/h1-5H,(H,9,10)/p-1. The van der Waals surface area contributed by atoms with E-state index >= 15 is 0 Å². The molecule has 1 unspecified atom stereocenters. The molecule has 0 amide bonds. The van der Waals surface area contributed by atoms with Crippen LogP contribution in [0.15, 0.2) is 30.3 Å². The first-order chi connectivity index (χ1) is 5.22. The fraction of sp³-hybridized carbons (Fsp3) is 0. The molecule has 0 bridgehead atoms. The average Bonchev–Trinajstić information content (AvgIpc) is 2.05. The van der Waals surface area contributed by atoms with E-state index in [0.29, 0.717) is 5.69 Å². The van der Waals surface area contributed by atoms with Gasteiger partial charge in [-0.05, 0) is 12.1 Å². The van der Waals surface area contributed by atoms with Crippen molar-refractivity contribution in [1.29, 1.82) is 0 Å². The van der Waals surface area contributed by atoms with Crippen LogP contribution in [0.4, 0.5) is 5.69 Å². The van der Waals surface area contributed by atoms with E-state index in [4.69, 9.17) is 0 Å². The lowest BCUT2D eigenvalue weighted by Gasteiger charge is -2.17. The van der Waals surface area contributed by atoms with Crippen LogP contribution < -0.4 is 3.33 Å². The Kier molecular flexibility index (Phi) is 3.04. The molecule has 0 saturated carbocycles. The van der Waals surface area contributed by atoms with Crippen LogP contribution in [0.2, 0.25) is 0 Å². The Morgan fingerprint density at radius 1 is 1.36 bits per heavy atom. The normalized spacial score (nSPS) is 12.5. The minimum Gasteiger partial charge on any atom is -0.754 e. The van der Waals surface area contributed by atoms with Gasteiger partial charge in [-0.3, -0.25) is 4.21 Å². The summed E-state index contributed by atoms with van der Waals surface area (Å²) < 4.78 is 21.7. The van der Waals surface area contributed by atoms with Gasteiger partial charge in [-0.15, -0.1) is 0 Å². The van der Waals surface area contributed by atoms with Gasteiger partial charge in [0.15, 0.2) is 0 Å². The van der Waals surface area contributed by atoms with Gasteiger partial charge >= 0.3 is 0 Å². The summed E-state index contributed by atoms with van der Waals surface area (Å²) in [4.78, 5) is 0. The van der Waals surface area contributed by atoms with Gasteiger partial charge in [0.1, 0.15) is 0 Å². The summed E-state index contributed by atoms with van der Waals surface area (Å²) in [6.45, 7) is 0. The minimum atomic E-state index is -2.26. The van der Waals surface area contributed by atoms with Crippen molar-refractivity contribution >= 4 is 33.1 Å². The Hall–Kier alpha value is -0.390. The number of anilines is 1. The molecule has 1 aromatic rings. The summed E-state index contributed by atoms with van der Waals surface area (Å²) in [6, 6.07) is 8.71. The molecule has 0 fully saturated rings. The topological polar surface area (TPSA) is 43.4 Å². The Bertz CT molecular complexity index is 254. The Morgan fingerprint density at radius 3 is 2.36 bits per heavy atom. The molecular weight excluding hydrogens is 230 g/mol. The zero-order valence-electron chi connectivity index (χ0n) is 5.44. The van der Waals surface area contributed by atoms with Crippen molar-refractivity contribution in [2.45, 2.75) is 0 Å². The molecule has 0 spiro atoms. The molecule has 1 aromatic carbocycles. The monoisotopic (exact) mass is 234 g/mol. The first-order valence-electron chi connectivity index (χ1n) is 2.82. The molecule has 0 heterocycles. The van der Waals surface area contributed by atoms with Crippen LogP contribution in [0.5, 0.6) is 0 Å². The number of hydrogen-bond donors (Lipinski definition) is 0. The van der Waals surface area contributed by atoms with Crippen molar-refractivity contribution in [3.63, 3.8) is 0 Å². The first-order valence-corrected chi connectivity index (χ1v) is 4.56. The predicted octanol–water partition coefficient (Wildman–Crippen LogP) is 1.60. The quantitative estimate of drug-likeness (QED) is 0.577. The average molecular weight is 235 g/mol. The van der Waals surface area contributed by atoms with Crippen molar-refractivity contribution < 1.29 is 8.76 Å².